The van der Waals surface area contributed by atoms with Crippen molar-refractivity contribution in [3.05, 3.63) is 53.5 Å². The number of primary amides is 1. The largest absolute Gasteiger partial charge is 0.462 e. The molecule has 3 amide bonds. The molecule has 4 N–H and O–H groups in total. The van der Waals surface area contributed by atoms with Crippen molar-refractivity contribution in [2.24, 2.45) is 11.7 Å². The maximum atomic E-state index is 12.1. The van der Waals surface area contributed by atoms with Crippen molar-refractivity contribution in [1.29, 1.82) is 0 Å². The smallest absolute Gasteiger partial charge is 0.319 e. The fraction of sp³-hybridized carbons (Fsp3) is 0.350. The van der Waals surface area contributed by atoms with E-state index in [1.54, 1.807) is 6.26 Å². The highest BCUT2D eigenvalue weighted by molar-refractivity contribution is 8.00. The molecule has 160 valence electrons. The Bertz CT molecular complexity index is 915. The van der Waals surface area contributed by atoms with Gasteiger partial charge in [-0.2, -0.15) is 4.37 Å². The van der Waals surface area contributed by atoms with E-state index < -0.39 is 11.9 Å². The van der Waals surface area contributed by atoms with Gasteiger partial charge in [-0.3, -0.25) is 10.1 Å². The third-order valence-corrected chi connectivity index (χ3v) is 6.21. The van der Waals surface area contributed by atoms with Crippen LogP contribution >= 0.6 is 23.3 Å². The second-order valence-electron chi connectivity index (χ2n) is 7.03. The number of carbonyl (C=O) groups is 2. The Morgan fingerprint density at radius 3 is 2.70 bits per heavy atom. The summed E-state index contributed by atoms with van der Waals surface area (Å²) in [4.78, 5) is 24.3. The lowest BCUT2D eigenvalue weighted by molar-refractivity contribution is 0.0786. The molecule has 8 nitrogen and oxygen atoms in total. The monoisotopic (exact) mass is 448 g/mol. The van der Waals surface area contributed by atoms with Crippen molar-refractivity contribution >= 4 is 40.2 Å². The van der Waals surface area contributed by atoms with E-state index in [-0.39, 0.29) is 17.6 Å². The quantitative estimate of drug-likeness (QED) is 0.505. The molecule has 0 saturated heterocycles. The summed E-state index contributed by atoms with van der Waals surface area (Å²) in [6.45, 7) is 4.66. The molecular formula is C20H24N4O4S2. The first-order valence-corrected chi connectivity index (χ1v) is 11.1. The molecule has 0 aliphatic carbocycles. The van der Waals surface area contributed by atoms with Gasteiger partial charge in [-0.05, 0) is 29.4 Å². The first-order valence-electron chi connectivity index (χ1n) is 9.43. The fourth-order valence-corrected chi connectivity index (χ4v) is 4.83. The van der Waals surface area contributed by atoms with Gasteiger partial charge in [0.1, 0.15) is 27.6 Å². The number of hydrogen-bond acceptors (Lipinski definition) is 7. The van der Waals surface area contributed by atoms with Crippen molar-refractivity contribution in [2.75, 3.05) is 18.7 Å². The molecule has 30 heavy (non-hydrogen) atoms. The Balaban J connectivity index is 1.79. The zero-order valence-corrected chi connectivity index (χ0v) is 18.3. The van der Waals surface area contributed by atoms with E-state index in [2.05, 4.69) is 15.0 Å². The Hall–Kier alpha value is -2.72. The van der Waals surface area contributed by atoms with E-state index in [1.165, 1.54) is 11.8 Å². The fourth-order valence-electron chi connectivity index (χ4n) is 2.69. The molecule has 2 aromatic rings. The topological polar surface area (TPSA) is 116 Å². The number of hydrogen-bond donors (Lipinski definition) is 3. The molecule has 1 atom stereocenters. The van der Waals surface area contributed by atoms with Crippen molar-refractivity contribution in [3.63, 3.8) is 0 Å². The Labute approximate surface area is 183 Å². The molecule has 1 aromatic carbocycles. The van der Waals surface area contributed by atoms with Gasteiger partial charge in [0, 0.05) is 6.54 Å². The van der Waals surface area contributed by atoms with E-state index in [9.17, 15) is 9.59 Å². The van der Waals surface area contributed by atoms with E-state index in [1.807, 2.05) is 44.2 Å². The summed E-state index contributed by atoms with van der Waals surface area (Å²) in [7, 11) is 0. The number of aromatic nitrogens is 1. The number of carbonyl (C=O) groups excluding carboxylic acids is 2. The standard InChI is InChI=1S/C20H24N4O4S2/c1-12(2)9-22-20(26)23-18-16(17(21)25)19(24-30-18)29-15(14-10-27-11-28-14)8-13-6-4-3-5-7-13/h3-7,10,12,15H,8-9,11H2,1-2H3,(H2,21,25)(H2,22,23,26). The Kier molecular flexibility index (Phi) is 7.58. The number of nitrogens with two attached hydrogens (primary N) is 1. The molecule has 10 heteroatoms. The van der Waals surface area contributed by atoms with Crippen molar-refractivity contribution in [1.82, 2.24) is 9.69 Å². The molecule has 0 bridgehead atoms. The van der Waals surface area contributed by atoms with Crippen molar-refractivity contribution < 1.29 is 19.1 Å². The second kappa shape index (κ2) is 10.4. The summed E-state index contributed by atoms with van der Waals surface area (Å²) >= 11 is 2.38. The molecule has 1 aliphatic rings. The predicted octanol–water partition coefficient (Wildman–Crippen LogP) is 3.57. The minimum Gasteiger partial charge on any atom is -0.462 e. The third-order valence-electron chi connectivity index (χ3n) is 4.13. The molecule has 1 aromatic heterocycles. The van der Waals surface area contributed by atoms with Crippen LogP contribution in [-0.4, -0.2) is 34.9 Å². The molecular weight excluding hydrogens is 424 g/mol. The summed E-state index contributed by atoms with van der Waals surface area (Å²) in [5.74, 6) is 0.317. The van der Waals surface area contributed by atoms with Crippen LogP contribution in [0.25, 0.3) is 0 Å². The van der Waals surface area contributed by atoms with Crippen LogP contribution in [0.1, 0.15) is 29.8 Å². The number of thioether (sulfide) groups is 1. The third kappa shape index (κ3) is 5.90. The van der Waals surface area contributed by atoms with Crippen LogP contribution in [0.15, 0.2) is 47.4 Å². The summed E-state index contributed by atoms with van der Waals surface area (Å²) in [6, 6.07) is 9.52. The highest BCUT2D eigenvalue weighted by Crippen LogP contribution is 2.38. The maximum absolute atomic E-state index is 12.1. The van der Waals surface area contributed by atoms with Gasteiger partial charge in [-0.1, -0.05) is 55.9 Å². The van der Waals surface area contributed by atoms with Crippen LogP contribution in [0.4, 0.5) is 9.80 Å². The minimum absolute atomic E-state index is 0.157. The summed E-state index contributed by atoms with van der Waals surface area (Å²) in [5.41, 5.74) is 6.91. The summed E-state index contributed by atoms with van der Waals surface area (Å²) < 4.78 is 15.2. The van der Waals surface area contributed by atoms with Gasteiger partial charge in [-0.25, -0.2) is 4.79 Å². The number of benzene rings is 1. The first kappa shape index (κ1) is 22.0. The SMILES string of the molecule is CC(C)CNC(=O)Nc1snc(SC(Cc2ccccc2)C2=COCO2)c1C(N)=O. The van der Waals surface area contributed by atoms with Gasteiger partial charge in [-0.15, -0.1) is 0 Å². The molecule has 0 radical (unpaired) electrons. The average Bonchev–Trinajstić information content (AvgIpc) is 3.37. The molecule has 3 rings (SSSR count). The van der Waals surface area contributed by atoms with E-state index >= 15 is 0 Å². The normalized spacial score (nSPS) is 13.9. The van der Waals surface area contributed by atoms with Gasteiger partial charge in [0.15, 0.2) is 0 Å². The highest BCUT2D eigenvalue weighted by atomic mass is 32.2. The number of ether oxygens (including phenoxy) is 2. The lowest BCUT2D eigenvalue weighted by atomic mass is 10.1. The van der Waals surface area contributed by atoms with Crippen LogP contribution in [-0.2, 0) is 15.9 Å². The number of amides is 3. The summed E-state index contributed by atoms with van der Waals surface area (Å²) in [5, 5.41) is 6.03. The average molecular weight is 449 g/mol. The van der Waals surface area contributed by atoms with Crippen LogP contribution in [0.5, 0.6) is 0 Å². The second-order valence-corrected chi connectivity index (χ2v) is 9.00. The zero-order chi connectivity index (χ0) is 21.5. The van der Waals surface area contributed by atoms with Crippen LogP contribution in [0.2, 0.25) is 0 Å². The van der Waals surface area contributed by atoms with Gasteiger partial charge < -0.3 is 20.5 Å². The van der Waals surface area contributed by atoms with Gasteiger partial charge >= 0.3 is 6.03 Å². The molecule has 0 fully saturated rings. The van der Waals surface area contributed by atoms with Crippen LogP contribution in [0.3, 0.4) is 0 Å². The van der Waals surface area contributed by atoms with Crippen LogP contribution in [0, 0.1) is 5.92 Å². The summed E-state index contributed by atoms with van der Waals surface area (Å²) in [6.07, 6.45) is 2.23. The number of urea groups is 1. The lowest BCUT2D eigenvalue weighted by Crippen LogP contribution is -2.32. The van der Waals surface area contributed by atoms with Crippen LogP contribution < -0.4 is 16.4 Å². The first-order chi connectivity index (χ1) is 14.4. The number of nitrogens with one attached hydrogen (secondary N) is 2. The minimum atomic E-state index is -0.651. The Morgan fingerprint density at radius 1 is 1.30 bits per heavy atom. The molecule has 0 saturated carbocycles. The number of nitrogens with zero attached hydrogens (tertiary/aromatic N) is 1. The van der Waals surface area contributed by atoms with E-state index in [0.717, 1.165) is 17.1 Å². The zero-order valence-electron chi connectivity index (χ0n) is 16.7. The molecule has 0 spiro atoms. The lowest BCUT2D eigenvalue weighted by Gasteiger charge is -2.16. The van der Waals surface area contributed by atoms with E-state index in [4.69, 9.17) is 15.2 Å². The molecule has 1 aliphatic heterocycles. The number of rotatable bonds is 9. The molecule has 2 heterocycles. The van der Waals surface area contributed by atoms with Gasteiger partial charge in [0.2, 0.25) is 6.79 Å². The van der Waals surface area contributed by atoms with E-state index in [0.29, 0.717) is 34.7 Å². The predicted molar refractivity (Wildman–Crippen MR) is 117 cm³/mol. The highest BCUT2D eigenvalue weighted by Gasteiger charge is 2.28. The van der Waals surface area contributed by atoms with Crippen molar-refractivity contribution in [2.45, 2.75) is 30.5 Å². The van der Waals surface area contributed by atoms with Gasteiger partial charge in [0.25, 0.3) is 5.91 Å². The Morgan fingerprint density at radius 2 is 2.07 bits per heavy atom. The number of anilines is 1. The van der Waals surface area contributed by atoms with Crippen molar-refractivity contribution in [3.8, 4) is 0 Å². The van der Waals surface area contributed by atoms with Gasteiger partial charge in [0.05, 0.1) is 5.25 Å². The maximum Gasteiger partial charge on any atom is 0.319 e. The molecule has 1 unspecified atom stereocenters.